The molecule has 0 amide bonds. The largest absolute Gasteiger partial charge is 0.297 e. The third-order valence-corrected chi connectivity index (χ3v) is 5.95. The van der Waals surface area contributed by atoms with Crippen molar-refractivity contribution in [1.29, 1.82) is 0 Å². The van der Waals surface area contributed by atoms with Crippen LogP contribution in [0.2, 0.25) is 0 Å². The van der Waals surface area contributed by atoms with E-state index in [1.807, 2.05) is 12.1 Å². The molecule has 0 atom stereocenters. The molecule has 0 bridgehead atoms. The van der Waals surface area contributed by atoms with Crippen molar-refractivity contribution in [2.24, 2.45) is 0 Å². The molecule has 3 aromatic rings. The number of thiophene rings is 2. The standard InChI is InChI=1S/C18H16OS2/c1-3-14-12(2)5-4-6-15(14)16-9-10-18(21-16)17-8-7-13(11-19)20-17/h4-11H,3H2,1-2H3. The van der Waals surface area contributed by atoms with Crippen LogP contribution >= 0.6 is 22.7 Å². The van der Waals surface area contributed by atoms with Gasteiger partial charge in [-0.15, -0.1) is 22.7 Å². The van der Waals surface area contributed by atoms with Gasteiger partial charge in [0.2, 0.25) is 0 Å². The fraction of sp³-hybridized carbons (Fsp3) is 0.167. The van der Waals surface area contributed by atoms with Gasteiger partial charge in [-0.05, 0) is 54.3 Å². The van der Waals surface area contributed by atoms with E-state index in [2.05, 4.69) is 44.2 Å². The normalized spacial score (nSPS) is 10.8. The molecule has 106 valence electrons. The van der Waals surface area contributed by atoms with Gasteiger partial charge in [-0.1, -0.05) is 25.1 Å². The lowest BCUT2D eigenvalue weighted by Crippen LogP contribution is -1.89. The molecule has 0 aliphatic heterocycles. The number of carbonyl (C=O) groups is 1. The summed E-state index contributed by atoms with van der Waals surface area (Å²) >= 11 is 3.35. The minimum absolute atomic E-state index is 0.782. The van der Waals surface area contributed by atoms with Gasteiger partial charge in [0, 0.05) is 14.6 Å². The second-order valence-corrected chi connectivity index (χ2v) is 7.14. The van der Waals surface area contributed by atoms with Gasteiger partial charge in [-0.25, -0.2) is 0 Å². The average Bonchev–Trinajstić information content (AvgIpc) is 3.15. The molecule has 1 aromatic carbocycles. The van der Waals surface area contributed by atoms with E-state index in [0.29, 0.717) is 0 Å². The van der Waals surface area contributed by atoms with Crippen molar-refractivity contribution < 1.29 is 4.79 Å². The smallest absolute Gasteiger partial charge is 0.160 e. The average molecular weight is 312 g/mol. The van der Waals surface area contributed by atoms with Crippen molar-refractivity contribution in [3.8, 4) is 20.2 Å². The molecule has 0 aliphatic rings. The van der Waals surface area contributed by atoms with Crippen LogP contribution in [0.15, 0.2) is 42.5 Å². The number of carbonyl (C=O) groups excluding carboxylic acids is 1. The summed E-state index contributed by atoms with van der Waals surface area (Å²) in [6, 6.07) is 14.8. The van der Waals surface area contributed by atoms with Crippen LogP contribution < -0.4 is 0 Å². The molecule has 0 saturated carbocycles. The molecule has 1 nitrogen and oxygen atoms in total. The Morgan fingerprint density at radius 3 is 2.38 bits per heavy atom. The van der Waals surface area contributed by atoms with Crippen LogP contribution in [-0.4, -0.2) is 6.29 Å². The summed E-state index contributed by atoms with van der Waals surface area (Å²) in [7, 11) is 0. The van der Waals surface area contributed by atoms with Crippen LogP contribution in [0.25, 0.3) is 20.2 Å². The van der Waals surface area contributed by atoms with E-state index in [0.717, 1.165) is 17.6 Å². The summed E-state index contributed by atoms with van der Waals surface area (Å²) in [6.45, 7) is 4.38. The summed E-state index contributed by atoms with van der Waals surface area (Å²) in [5, 5.41) is 0. The van der Waals surface area contributed by atoms with Crippen LogP contribution in [0.4, 0.5) is 0 Å². The monoisotopic (exact) mass is 312 g/mol. The van der Waals surface area contributed by atoms with Gasteiger partial charge in [-0.3, -0.25) is 4.79 Å². The van der Waals surface area contributed by atoms with E-state index < -0.39 is 0 Å². The maximum atomic E-state index is 10.8. The van der Waals surface area contributed by atoms with Crippen molar-refractivity contribution in [3.63, 3.8) is 0 Å². The lowest BCUT2D eigenvalue weighted by Gasteiger charge is -2.08. The minimum Gasteiger partial charge on any atom is -0.297 e. The number of hydrogen-bond donors (Lipinski definition) is 0. The Balaban J connectivity index is 2.02. The molecule has 0 radical (unpaired) electrons. The first-order valence-corrected chi connectivity index (χ1v) is 8.60. The predicted octanol–water partition coefficient (Wildman–Crippen LogP) is 5.83. The number of rotatable bonds is 4. The Morgan fingerprint density at radius 2 is 1.67 bits per heavy atom. The zero-order chi connectivity index (χ0) is 14.8. The number of hydrogen-bond acceptors (Lipinski definition) is 3. The van der Waals surface area contributed by atoms with Gasteiger partial charge in [0.05, 0.1) is 4.88 Å². The summed E-state index contributed by atoms with van der Waals surface area (Å²) in [5.41, 5.74) is 4.11. The molecule has 3 heteroatoms. The molecule has 21 heavy (non-hydrogen) atoms. The van der Waals surface area contributed by atoms with Crippen LogP contribution in [-0.2, 0) is 6.42 Å². The van der Waals surface area contributed by atoms with Gasteiger partial charge < -0.3 is 0 Å². The SMILES string of the molecule is CCc1c(C)cccc1-c1ccc(-c2ccc(C=O)s2)s1. The van der Waals surface area contributed by atoms with E-state index in [1.165, 1.54) is 31.3 Å². The van der Waals surface area contributed by atoms with Crippen LogP contribution in [0.1, 0.15) is 27.7 Å². The quantitative estimate of drug-likeness (QED) is 0.554. The molecule has 0 fully saturated rings. The zero-order valence-electron chi connectivity index (χ0n) is 12.1. The fourth-order valence-corrected chi connectivity index (χ4v) is 4.54. The van der Waals surface area contributed by atoms with Gasteiger partial charge in [-0.2, -0.15) is 0 Å². The summed E-state index contributed by atoms with van der Waals surface area (Å²) in [6.07, 6.45) is 1.96. The van der Waals surface area contributed by atoms with Gasteiger partial charge >= 0.3 is 0 Å². The predicted molar refractivity (Wildman–Crippen MR) is 92.6 cm³/mol. The number of aryl methyl sites for hydroxylation is 1. The summed E-state index contributed by atoms with van der Waals surface area (Å²) < 4.78 is 0. The molecule has 2 aromatic heterocycles. The van der Waals surface area contributed by atoms with E-state index >= 15 is 0 Å². The van der Waals surface area contributed by atoms with Crippen LogP contribution in [0.3, 0.4) is 0 Å². The molecule has 2 heterocycles. The molecule has 0 aliphatic carbocycles. The Labute approximate surface area is 132 Å². The highest BCUT2D eigenvalue weighted by molar-refractivity contribution is 7.24. The second-order valence-electron chi connectivity index (χ2n) is 4.94. The van der Waals surface area contributed by atoms with E-state index in [9.17, 15) is 4.79 Å². The fourth-order valence-electron chi connectivity index (χ4n) is 2.57. The maximum Gasteiger partial charge on any atom is 0.160 e. The van der Waals surface area contributed by atoms with E-state index in [-0.39, 0.29) is 0 Å². The second kappa shape index (κ2) is 5.96. The molecule has 0 unspecified atom stereocenters. The summed E-state index contributed by atoms with van der Waals surface area (Å²) in [5.74, 6) is 0. The highest BCUT2D eigenvalue weighted by atomic mass is 32.1. The first kappa shape index (κ1) is 14.2. The molecule has 0 N–H and O–H groups in total. The number of aldehydes is 1. The lowest BCUT2D eigenvalue weighted by atomic mass is 9.99. The van der Waals surface area contributed by atoms with Gasteiger partial charge in [0.15, 0.2) is 6.29 Å². The molecule has 0 saturated heterocycles. The van der Waals surface area contributed by atoms with Crippen LogP contribution in [0, 0.1) is 6.92 Å². The number of benzene rings is 1. The Hall–Kier alpha value is -1.71. The maximum absolute atomic E-state index is 10.8. The van der Waals surface area contributed by atoms with Crippen molar-refractivity contribution >= 4 is 29.0 Å². The third-order valence-electron chi connectivity index (χ3n) is 3.62. The van der Waals surface area contributed by atoms with E-state index in [4.69, 9.17) is 0 Å². The molecule has 0 spiro atoms. The van der Waals surface area contributed by atoms with Crippen molar-refractivity contribution in [2.45, 2.75) is 20.3 Å². The Kier molecular flexibility index (Phi) is 4.04. The summed E-state index contributed by atoms with van der Waals surface area (Å²) in [4.78, 5) is 15.3. The molecular weight excluding hydrogens is 296 g/mol. The van der Waals surface area contributed by atoms with Gasteiger partial charge in [0.25, 0.3) is 0 Å². The minimum atomic E-state index is 0.782. The van der Waals surface area contributed by atoms with Crippen molar-refractivity contribution in [3.05, 3.63) is 58.5 Å². The Bertz CT molecular complexity index is 780. The van der Waals surface area contributed by atoms with Crippen LogP contribution in [0.5, 0.6) is 0 Å². The highest BCUT2D eigenvalue weighted by Crippen LogP contribution is 2.39. The topological polar surface area (TPSA) is 17.1 Å². The highest BCUT2D eigenvalue weighted by Gasteiger charge is 2.11. The zero-order valence-corrected chi connectivity index (χ0v) is 13.7. The third kappa shape index (κ3) is 2.71. The molecular formula is C18H16OS2. The lowest BCUT2D eigenvalue weighted by molar-refractivity contribution is 0.112. The van der Waals surface area contributed by atoms with E-state index in [1.54, 1.807) is 22.7 Å². The van der Waals surface area contributed by atoms with Crippen molar-refractivity contribution in [2.75, 3.05) is 0 Å². The first-order valence-electron chi connectivity index (χ1n) is 6.97. The molecule has 3 rings (SSSR count). The Morgan fingerprint density at radius 1 is 0.952 bits per heavy atom. The van der Waals surface area contributed by atoms with Crippen molar-refractivity contribution in [1.82, 2.24) is 0 Å². The van der Waals surface area contributed by atoms with Gasteiger partial charge in [0.1, 0.15) is 0 Å². The first-order chi connectivity index (χ1) is 10.2.